The number of H-pyrrole nitrogens is 1. The maximum Gasteiger partial charge on any atom is 0.183 e. The largest absolute Gasteiger partial charge is 0.508 e. The van der Waals surface area contributed by atoms with E-state index in [0.29, 0.717) is 35.3 Å². The predicted molar refractivity (Wildman–Crippen MR) is 105 cm³/mol. The first-order valence-corrected chi connectivity index (χ1v) is 10.4. The summed E-state index contributed by atoms with van der Waals surface area (Å²) < 4.78 is 26.8. The number of nitrogens with zero attached hydrogens (tertiary/aromatic N) is 2. The first kappa shape index (κ1) is 17.8. The molecule has 0 amide bonds. The van der Waals surface area contributed by atoms with Crippen molar-refractivity contribution in [2.75, 3.05) is 19.6 Å². The molecule has 1 aliphatic rings. The molecule has 0 unspecified atom stereocenters. The van der Waals surface area contributed by atoms with Gasteiger partial charge in [0.2, 0.25) is 0 Å². The number of fused-ring (bicyclic) bond motifs is 1. The standard InChI is InChI=1S/C20H21N3O3S/c1-2-8-23-9-7-17(13-23)27(25,26)20-11-15(10-19-18(20)12-21-22-19)14-3-5-16(24)6-4-14/h2-6,10-12,17,24H,1,7-9,13H2,(H,21,22)/t17-/m0/s1. The van der Waals surface area contributed by atoms with E-state index >= 15 is 0 Å². The van der Waals surface area contributed by atoms with E-state index in [0.717, 1.165) is 17.7 Å². The summed E-state index contributed by atoms with van der Waals surface area (Å²) in [5.41, 5.74) is 2.28. The molecule has 6 nitrogen and oxygen atoms in total. The van der Waals surface area contributed by atoms with E-state index in [1.165, 1.54) is 0 Å². The van der Waals surface area contributed by atoms with Crippen molar-refractivity contribution in [3.05, 3.63) is 55.3 Å². The number of phenolic OH excluding ortho intramolecular Hbond substituents is 1. The van der Waals surface area contributed by atoms with Crippen molar-refractivity contribution in [3.8, 4) is 16.9 Å². The maximum atomic E-state index is 13.4. The Morgan fingerprint density at radius 3 is 2.78 bits per heavy atom. The van der Waals surface area contributed by atoms with Crippen molar-refractivity contribution >= 4 is 20.7 Å². The second-order valence-corrected chi connectivity index (χ2v) is 9.05. The average molecular weight is 383 g/mol. The number of sulfone groups is 1. The molecule has 0 spiro atoms. The number of likely N-dealkylation sites (tertiary alicyclic amines) is 1. The molecule has 3 aromatic rings. The maximum absolute atomic E-state index is 13.4. The highest BCUT2D eigenvalue weighted by molar-refractivity contribution is 7.92. The van der Waals surface area contributed by atoms with E-state index in [4.69, 9.17) is 0 Å². The van der Waals surface area contributed by atoms with Gasteiger partial charge in [-0.15, -0.1) is 6.58 Å². The van der Waals surface area contributed by atoms with Gasteiger partial charge in [0.25, 0.3) is 0 Å². The van der Waals surface area contributed by atoms with Crippen LogP contribution in [-0.2, 0) is 9.84 Å². The van der Waals surface area contributed by atoms with Gasteiger partial charge in [-0.25, -0.2) is 8.42 Å². The van der Waals surface area contributed by atoms with Gasteiger partial charge >= 0.3 is 0 Å². The summed E-state index contributed by atoms with van der Waals surface area (Å²) in [5, 5.41) is 16.6. The number of hydrogen-bond donors (Lipinski definition) is 2. The molecule has 0 bridgehead atoms. The molecule has 0 aliphatic carbocycles. The molecule has 0 radical (unpaired) electrons. The first-order chi connectivity index (χ1) is 13.0. The number of nitrogens with one attached hydrogen (secondary N) is 1. The number of aromatic amines is 1. The fourth-order valence-corrected chi connectivity index (χ4v) is 5.60. The zero-order valence-electron chi connectivity index (χ0n) is 14.8. The molecule has 27 heavy (non-hydrogen) atoms. The van der Waals surface area contributed by atoms with Crippen LogP contribution in [0.4, 0.5) is 0 Å². The zero-order chi connectivity index (χ0) is 19.0. The number of rotatable bonds is 5. The third-order valence-electron chi connectivity index (χ3n) is 5.08. The second kappa shape index (κ2) is 6.83. The highest BCUT2D eigenvalue weighted by Gasteiger charge is 2.35. The normalized spacial score (nSPS) is 18.1. The summed E-state index contributed by atoms with van der Waals surface area (Å²) in [4.78, 5) is 2.41. The molecule has 1 fully saturated rings. The molecule has 1 aromatic heterocycles. The Hall–Kier alpha value is -2.64. The van der Waals surface area contributed by atoms with Crippen molar-refractivity contribution in [3.63, 3.8) is 0 Å². The van der Waals surface area contributed by atoms with Gasteiger partial charge < -0.3 is 5.11 Å². The van der Waals surface area contributed by atoms with Crippen LogP contribution in [0.3, 0.4) is 0 Å². The molecule has 1 atom stereocenters. The van der Waals surface area contributed by atoms with Crippen LogP contribution in [0, 0.1) is 0 Å². The monoisotopic (exact) mass is 383 g/mol. The molecule has 1 saturated heterocycles. The molecule has 2 aromatic carbocycles. The van der Waals surface area contributed by atoms with E-state index in [9.17, 15) is 13.5 Å². The van der Waals surface area contributed by atoms with Gasteiger partial charge in [-0.1, -0.05) is 18.2 Å². The van der Waals surface area contributed by atoms with Gasteiger partial charge in [-0.3, -0.25) is 10.00 Å². The lowest BCUT2D eigenvalue weighted by atomic mass is 10.0. The fraction of sp³-hybridized carbons (Fsp3) is 0.250. The summed E-state index contributed by atoms with van der Waals surface area (Å²) in [6, 6.07) is 10.3. The van der Waals surface area contributed by atoms with E-state index in [2.05, 4.69) is 21.7 Å². The molecule has 140 valence electrons. The van der Waals surface area contributed by atoms with Crippen molar-refractivity contribution in [1.82, 2.24) is 15.1 Å². The minimum atomic E-state index is -3.51. The number of phenols is 1. The lowest BCUT2D eigenvalue weighted by molar-refractivity contribution is 0.377. The Balaban J connectivity index is 1.80. The Morgan fingerprint density at radius 1 is 1.26 bits per heavy atom. The summed E-state index contributed by atoms with van der Waals surface area (Å²) in [6.07, 6.45) is 3.98. The second-order valence-electron chi connectivity index (χ2n) is 6.86. The molecule has 4 rings (SSSR count). The van der Waals surface area contributed by atoms with Crippen LogP contribution in [0.5, 0.6) is 5.75 Å². The Morgan fingerprint density at radius 2 is 2.04 bits per heavy atom. The molecule has 0 saturated carbocycles. The molecular formula is C20H21N3O3S. The predicted octanol–water partition coefficient (Wildman–Crippen LogP) is 2.97. The molecule has 2 heterocycles. The molecule has 7 heteroatoms. The number of hydrogen-bond acceptors (Lipinski definition) is 5. The van der Waals surface area contributed by atoms with Crippen molar-refractivity contribution in [2.24, 2.45) is 0 Å². The van der Waals surface area contributed by atoms with Crippen LogP contribution in [0.25, 0.3) is 22.0 Å². The number of aromatic nitrogens is 2. The van der Waals surface area contributed by atoms with Gasteiger partial charge in [-0.2, -0.15) is 5.10 Å². The van der Waals surface area contributed by atoms with E-state index < -0.39 is 15.1 Å². The molecular weight excluding hydrogens is 362 g/mol. The summed E-state index contributed by atoms with van der Waals surface area (Å²) in [6.45, 7) is 5.69. The highest BCUT2D eigenvalue weighted by Crippen LogP contribution is 2.33. The van der Waals surface area contributed by atoms with Gasteiger partial charge in [-0.05, 0) is 48.4 Å². The van der Waals surface area contributed by atoms with Gasteiger partial charge in [0, 0.05) is 18.5 Å². The highest BCUT2D eigenvalue weighted by atomic mass is 32.2. The first-order valence-electron chi connectivity index (χ1n) is 8.82. The van der Waals surface area contributed by atoms with Crippen molar-refractivity contribution in [1.29, 1.82) is 0 Å². The van der Waals surface area contributed by atoms with Crippen LogP contribution < -0.4 is 0 Å². The van der Waals surface area contributed by atoms with Gasteiger partial charge in [0.15, 0.2) is 9.84 Å². The number of aromatic hydroxyl groups is 1. The van der Waals surface area contributed by atoms with Crippen molar-refractivity contribution < 1.29 is 13.5 Å². The van der Waals surface area contributed by atoms with Crippen LogP contribution in [0.1, 0.15) is 6.42 Å². The topological polar surface area (TPSA) is 86.3 Å². The summed E-state index contributed by atoms with van der Waals surface area (Å²) >= 11 is 0. The smallest absolute Gasteiger partial charge is 0.183 e. The fourth-order valence-electron chi connectivity index (χ4n) is 3.65. The van der Waals surface area contributed by atoms with Gasteiger partial charge in [0.05, 0.1) is 21.9 Å². The Bertz CT molecular complexity index is 1090. The quantitative estimate of drug-likeness (QED) is 0.662. The zero-order valence-corrected chi connectivity index (χ0v) is 15.6. The van der Waals surface area contributed by atoms with E-state index in [1.807, 2.05) is 6.07 Å². The lowest BCUT2D eigenvalue weighted by Crippen LogP contribution is -2.27. The summed E-state index contributed by atoms with van der Waals surface area (Å²) in [5.74, 6) is 0.169. The third-order valence-corrected chi connectivity index (χ3v) is 7.30. The van der Waals surface area contributed by atoms with Crippen LogP contribution in [0.2, 0.25) is 0 Å². The SMILES string of the molecule is C=CCN1CC[C@H](S(=O)(=O)c2cc(-c3ccc(O)cc3)cc3[nH]ncc23)C1. The number of benzene rings is 2. The Kier molecular flexibility index (Phi) is 4.49. The Labute approximate surface area is 158 Å². The van der Waals surface area contributed by atoms with Gasteiger partial charge in [0.1, 0.15) is 5.75 Å². The summed E-state index contributed by atoms with van der Waals surface area (Å²) in [7, 11) is -3.51. The minimum Gasteiger partial charge on any atom is -0.508 e. The van der Waals surface area contributed by atoms with Crippen LogP contribution in [0.15, 0.2) is 60.1 Å². The molecule has 1 aliphatic heterocycles. The van der Waals surface area contributed by atoms with Crippen LogP contribution >= 0.6 is 0 Å². The van der Waals surface area contributed by atoms with Crippen molar-refractivity contribution in [2.45, 2.75) is 16.6 Å². The third kappa shape index (κ3) is 3.24. The average Bonchev–Trinajstić information content (AvgIpc) is 3.31. The van der Waals surface area contributed by atoms with Crippen LogP contribution in [-0.4, -0.2) is 53.5 Å². The minimum absolute atomic E-state index is 0.169. The van der Waals surface area contributed by atoms with E-state index in [-0.39, 0.29) is 5.75 Å². The lowest BCUT2D eigenvalue weighted by Gasteiger charge is -2.15. The van der Waals surface area contributed by atoms with E-state index in [1.54, 1.807) is 42.6 Å². The molecule has 2 N–H and O–H groups in total.